The number of hydrogen-bond acceptors (Lipinski definition) is 1. The summed E-state index contributed by atoms with van der Waals surface area (Å²) in [6, 6.07) is 8.91. The van der Waals surface area contributed by atoms with Crippen LogP contribution in [0, 0.1) is 6.92 Å². The highest BCUT2D eigenvalue weighted by Crippen LogP contribution is 2.40. The van der Waals surface area contributed by atoms with Crippen molar-refractivity contribution in [3.63, 3.8) is 0 Å². The number of aryl methyl sites for hydroxylation is 1. The van der Waals surface area contributed by atoms with Gasteiger partial charge in [-0.05, 0) is 25.3 Å². The molecule has 1 fully saturated rings. The summed E-state index contributed by atoms with van der Waals surface area (Å²) in [4.78, 5) is 0. The molecule has 1 aliphatic carbocycles. The monoisotopic (exact) mass is 189 g/mol. The first kappa shape index (κ1) is 9.72. The van der Waals surface area contributed by atoms with Crippen LogP contribution >= 0.6 is 0 Å². The predicted octanol–water partition coefficient (Wildman–Crippen LogP) is 2.77. The van der Waals surface area contributed by atoms with Crippen molar-refractivity contribution in [2.24, 2.45) is 5.73 Å². The standard InChI is InChI=1S/C13H19N/c1-11-4-6-12(7-5-11)13(10-14)8-2-3-9-13/h4-7H,2-3,8-10,14H2,1H3. The molecule has 0 heterocycles. The van der Waals surface area contributed by atoms with Gasteiger partial charge in [-0.2, -0.15) is 0 Å². The summed E-state index contributed by atoms with van der Waals surface area (Å²) in [5.74, 6) is 0. The van der Waals surface area contributed by atoms with Gasteiger partial charge in [0.15, 0.2) is 0 Å². The third-order valence-electron chi connectivity index (χ3n) is 3.62. The van der Waals surface area contributed by atoms with Gasteiger partial charge in [0.1, 0.15) is 0 Å². The van der Waals surface area contributed by atoms with Gasteiger partial charge in [0.05, 0.1) is 0 Å². The van der Waals surface area contributed by atoms with Gasteiger partial charge < -0.3 is 5.73 Å². The molecule has 0 atom stereocenters. The molecule has 0 spiro atoms. The number of rotatable bonds is 2. The Morgan fingerprint density at radius 2 is 1.71 bits per heavy atom. The molecule has 0 amide bonds. The molecule has 0 unspecified atom stereocenters. The van der Waals surface area contributed by atoms with E-state index in [4.69, 9.17) is 5.73 Å². The van der Waals surface area contributed by atoms with Gasteiger partial charge in [-0.1, -0.05) is 42.7 Å². The van der Waals surface area contributed by atoms with Gasteiger partial charge in [-0.25, -0.2) is 0 Å². The second-order valence-electron chi connectivity index (χ2n) is 4.56. The van der Waals surface area contributed by atoms with Crippen LogP contribution in [-0.4, -0.2) is 6.54 Å². The van der Waals surface area contributed by atoms with Crippen molar-refractivity contribution in [2.75, 3.05) is 6.54 Å². The molecule has 1 aromatic rings. The highest BCUT2D eigenvalue weighted by molar-refractivity contribution is 5.30. The Kier molecular flexibility index (Phi) is 2.60. The molecule has 1 aliphatic rings. The second-order valence-corrected chi connectivity index (χ2v) is 4.56. The maximum Gasteiger partial charge on any atom is 0.00755 e. The molecule has 14 heavy (non-hydrogen) atoms. The molecular formula is C13H19N. The van der Waals surface area contributed by atoms with Gasteiger partial charge in [0.25, 0.3) is 0 Å². The zero-order chi connectivity index (χ0) is 10.0. The molecule has 76 valence electrons. The van der Waals surface area contributed by atoms with Crippen molar-refractivity contribution in [1.29, 1.82) is 0 Å². The normalized spacial score (nSPS) is 19.9. The number of hydrogen-bond donors (Lipinski definition) is 1. The van der Waals surface area contributed by atoms with E-state index < -0.39 is 0 Å². The van der Waals surface area contributed by atoms with E-state index in [0.717, 1.165) is 6.54 Å². The molecule has 1 nitrogen and oxygen atoms in total. The number of nitrogens with two attached hydrogens (primary N) is 1. The molecule has 0 aliphatic heterocycles. The van der Waals surface area contributed by atoms with E-state index in [1.165, 1.54) is 36.8 Å². The molecule has 0 radical (unpaired) electrons. The largest absolute Gasteiger partial charge is 0.330 e. The summed E-state index contributed by atoms with van der Waals surface area (Å²) in [5, 5.41) is 0. The highest BCUT2D eigenvalue weighted by atomic mass is 14.6. The molecule has 1 heteroatoms. The van der Waals surface area contributed by atoms with Crippen molar-refractivity contribution in [1.82, 2.24) is 0 Å². The first-order valence-corrected chi connectivity index (χ1v) is 5.54. The lowest BCUT2D eigenvalue weighted by Gasteiger charge is -2.27. The topological polar surface area (TPSA) is 26.0 Å². The van der Waals surface area contributed by atoms with E-state index in [2.05, 4.69) is 31.2 Å². The lowest BCUT2D eigenvalue weighted by molar-refractivity contribution is 0.453. The first-order valence-electron chi connectivity index (χ1n) is 5.54. The molecule has 0 aromatic heterocycles. The van der Waals surface area contributed by atoms with E-state index in [-0.39, 0.29) is 0 Å². The minimum atomic E-state index is 0.299. The molecule has 1 aromatic carbocycles. The van der Waals surface area contributed by atoms with Gasteiger partial charge in [0, 0.05) is 12.0 Å². The third kappa shape index (κ3) is 1.57. The minimum Gasteiger partial charge on any atom is -0.330 e. The van der Waals surface area contributed by atoms with Crippen molar-refractivity contribution < 1.29 is 0 Å². The molecule has 1 saturated carbocycles. The fraction of sp³-hybridized carbons (Fsp3) is 0.538. The van der Waals surface area contributed by atoms with E-state index in [1.807, 2.05) is 0 Å². The van der Waals surface area contributed by atoms with Crippen molar-refractivity contribution in [3.8, 4) is 0 Å². The second kappa shape index (κ2) is 3.74. The summed E-state index contributed by atoms with van der Waals surface area (Å²) >= 11 is 0. The fourth-order valence-electron chi connectivity index (χ4n) is 2.57. The maximum atomic E-state index is 5.94. The Hall–Kier alpha value is -0.820. The maximum absolute atomic E-state index is 5.94. The van der Waals surface area contributed by atoms with Gasteiger partial charge in [0.2, 0.25) is 0 Å². The molecule has 0 saturated heterocycles. The fourth-order valence-corrected chi connectivity index (χ4v) is 2.57. The van der Waals surface area contributed by atoms with E-state index in [1.54, 1.807) is 0 Å². The van der Waals surface area contributed by atoms with Gasteiger partial charge in [-0.15, -0.1) is 0 Å². The number of benzene rings is 1. The Morgan fingerprint density at radius 1 is 1.14 bits per heavy atom. The average molecular weight is 189 g/mol. The zero-order valence-corrected chi connectivity index (χ0v) is 8.92. The van der Waals surface area contributed by atoms with Crippen LogP contribution in [0.3, 0.4) is 0 Å². The van der Waals surface area contributed by atoms with Crippen LogP contribution < -0.4 is 5.73 Å². The van der Waals surface area contributed by atoms with Crippen LogP contribution in [0.5, 0.6) is 0 Å². The molecule has 2 N–H and O–H groups in total. The summed E-state index contributed by atoms with van der Waals surface area (Å²) in [7, 11) is 0. The third-order valence-corrected chi connectivity index (χ3v) is 3.62. The molecular weight excluding hydrogens is 170 g/mol. The zero-order valence-electron chi connectivity index (χ0n) is 8.92. The lowest BCUT2D eigenvalue weighted by Crippen LogP contribution is -2.31. The van der Waals surface area contributed by atoms with Crippen LogP contribution in [0.1, 0.15) is 36.8 Å². The van der Waals surface area contributed by atoms with E-state index in [9.17, 15) is 0 Å². The lowest BCUT2D eigenvalue weighted by atomic mass is 9.79. The minimum absolute atomic E-state index is 0.299. The molecule has 2 rings (SSSR count). The van der Waals surface area contributed by atoms with Crippen LogP contribution in [-0.2, 0) is 5.41 Å². The van der Waals surface area contributed by atoms with E-state index >= 15 is 0 Å². The van der Waals surface area contributed by atoms with Crippen molar-refractivity contribution in [2.45, 2.75) is 38.0 Å². The first-order chi connectivity index (χ1) is 6.77. The Labute approximate surface area is 86.3 Å². The smallest absolute Gasteiger partial charge is 0.00755 e. The summed E-state index contributed by atoms with van der Waals surface area (Å²) in [5.41, 5.74) is 9.02. The highest BCUT2D eigenvalue weighted by Gasteiger charge is 2.33. The van der Waals surface area contributed by atoms with Crippen LogP contribution in [0.15, 0.2) is 24.3 Å². The Balaban J connectivity index is 2.31. The summed E-state index contributed by atoms with van der Waals surface area (Å²) in [6.07, 6.45) is 5.22. The van der Waals surface area contributed by atoms with Gasteiger partial charge >= 0.3 is 0 Å². The SMILES string of the molecule is Cc1ccc(C2(CN)CCCC2)cc1. The molecule has 0 bridgehead atoms. The van der Waals surface area contributed by atoms with Crippen LogP contribution in [0.25, 0.3) is 0 Å². The van der Waals surface area contributed by atoms with E-state index in [0.29, 0.717) is 5.41 Å². The predicted molar refractivity (Wildman–Crippen MR) is 60.4 cm³/mol. The summed E-state index contributed by atoms with van der Waals surface area (Å²) < 4.78 is 0. The van der Waals surface area contributed by atoms with Crippen molar-refractivity contribution >= 4 is 0 Å². The van der Waals surface area contributed by atoms with Crippen LogP contribution in [0.2, 0.25) is 0 Å². The van der Waals surface area contributed by atoms with Crippen molar-refractivity contribution in [3.05, 3.63) is 35.4 Å². The average Bonchev–Trinajstić information content (AvgIpc) is 2.68. The van der Waals surface area contributed by atoms with Crippen LogP contribution in [0.4, 0.5) is 0 Å². The quantitative estimate of drug-likeness (QED) is 0.760. The Bertz CT molecular complexity index is 294. The van der Waals surface area contributed by atoms with Gasteiger partial charge in [-0.3, -0.25) is 0 Å². The summed E-state index contributed by atoms with van der Waals surface area (Å²) in [6.45, 7) is 2.93. The Morgan fingerprint density at radius 3 is 2.21 bits per heavy atom.